The highest BCUT2D eigenvalue weighted by molar-refractivity contribution is 6.74. The highest BCUT2D eigenvalue weighted by atomic mass is 28.4. The lowest BCUT2D eigenvalue weighted by Crippen LogP contribution is -2.51. The number of hydrogen-bond donors (Lipinski definition) is 1. The number of likely N-dealkylation sites (tertiary alicyclic amines) is 1. The SMILES string of the molecule is CN(C(=O)[C@@H]1C[C@@H](O[Si](C)(C)C(C)(C)C)CN1C(=O)OC(C)(C)C)[C@@H](c1ccc(N[C@H]2Cc3ccccc3C2(C)C)cn1)C(F)(F)F. The number of aromatic nitrogens is 1. The number of halogens is 3. The van der Waals surface area contributed by atoms with E-state index in [1.165, 1.54) is 28.3 Å². The maximum atomic E-state index is 14.7. The molecule has 0 unspecified atom stereocenters. The molecule has 8 nitrogen and oxygen atoms in total. The van der Waals surface area contributed by atoms with E-state index >= 15 is 0 Å². The van der Waals surface area contributed by atoms with Crippen LogP contribution in [0, 0.1) is 0 Å². The van der Waals surface area contributed by atoms with Crippen molar-refractivity contribution in [2.24, 2.45) is 0 Å². The van der Waals surface area contributed by atoms with E-state index in [9.17, 15) is 22.8 Å². The number of amides is 2. The van der Waals surface area contributed by atoms with E-state index in [1.807, 2.05) is 12.1 Å². The monoisotopic (exact) mass is 676 g/mol. The lowest BCUT2D eigenvalue weighted by Gasteiger charge is -2.38. The van der Waals surface area contributed by atoms with Crippen molar-refractivity contribution in [2.45, 2.75) is 128 Å². The van der Waals surface area contributed by atoms with Crippen molar-refractivity contribution < 1.29 is 31.9 Å². The molecule has 1 N–H and O–H groups in total. The molecule has 0 radical (unpaired) electrons. The zero-order valence-electron chi connectivity index (χ0n) is 29.6. The van der Waals surface area contributed by atoms with Crippen LogP contribution in [0.25, 0.3) is 0 Å². The lowest BCUT2D eigenvalue weighted by molar-refractivity contribution is -0.191. The van der Waals surface area contributed by atoms with Crippen LogP contribution in [0.2, 0.25) is 18.1 Å². The van der Waals surface area contributed by atoms with Gasteiger partial charge in [-0.25, -0.2) is 4.79 Å². The summed E-state index contributed by atoms with van der Waals surface area (Å²) in [5, 5.41) is 3.31. The summed E-state index contributed by atoms with van der Waals surface area (Å²) in [6.07, 6.45) is -3.88. The van der Waals surface area contributed by atoms with E-state index in [0.29, 0.717) is 10.6 Å². The van der Waals surface area contributed by atoms with Gasteiger partial charge in [-0.1, -0.05) is 58.9 Å². The molecule has 4 atom stereocenters. The van der Waals surface area contributed by atoms with Crippen molar-refractivity contribution in [1.29, 1.82) is 0 Å². The van der Waals surface area contributed by atoms with Crippen molar-refractivity contribution in [3.63, 3.8) is 0 Å². The third-order valence-electron chi connectivity index (χ3n) is 9.90. The molecule has 0 spiro atoms. The number of benzene rings is 1. The Morgan fingerprint density at radius 2 is 1.70 bits per heavy atom. The smallest absolute Gasteiger partial charge is 0.414 e. The Balaban J connectivity index is 1.57. The molecule has 0 bridgehead atoms. The zero-order valence-corrected chi connectivity index (χ0v) is 30.6. The van der Waals surface area contributed by atoms with Gasteiger partial charge in [0.05, 0.1) is 23.7 Å². The molecule has 1 aliphatic carbocycles. The highest BCUT2D eigenvalue weighted by Gasteiger charge is 2.52. The second-order valence-electron chi connectivity index (χ2n) is 16.0. The summed E-state index contributed by atoms with van der Waals surface area (Å²) in [4.78, 5) is 33.3. The molecular weight excluding hydrogens is 625 g/mol. The van der Waals surface area contributed by atoms with Gasteiger partial charge >= 0.3 is 12.3 Å². The predicted molar refractivity (Wildman–Crippen MR) is 180 cm³/mol. The molecule has 47 heavy (non-hydrogen) atoms. The Bertz CT molecular complexity index is 1450. The minimum absolute atomic E-state index is 0.0258. The van der Waals surface area contributed by atoms with Gasteiger partial charge in [-0.15, -0.1) is 0 Å². The quantitative estimate of drug-likeness (QED) is 0.301. The number of hydrogen-bond acceptors (Lipinski definition) is 6. The molecule has 2 aromatic rings. The van der Waals surface area contributed by atoms with Gasteiger partial charge in [-0.2, -0.15) is 13.2 Å². The molecule has 12 heteroatoms. The number of likely N-dealkylation sites (N-methyl/N-ethyl adjacent to an activating group) is 1. The minimum atomic E-state index is -4.83. The lowest BCUT2D eigenvalue weighted by atomic mass is 9.83. The molecular formula is C35H51F3N4O4Si. The number of nitrogens with zero attached hydrogens (tertiary/aromatic N) is 3. The van der Waals surface area contributed by atoms with Gasteiger partial charge in [-0.05, 0) is 68.6 Å². The fourth-order valence-electron chi connectivity index (χ4n) is 6.26. The van der Waals surface area contributed by atoms with Crippen molar-refractivity contribution in [2.75, 3.05) is 18.9 Å². The summed E-state index contributed by atoms with van der Waals surface area (Å²) in [5.41, 5.74) is 1.70. The van der Waals surface area contributed by atoms with Crippen LogP contribution in [0.15, 0.2) is 42.6 Å². The van der Waals surface area contributed by atoms with E-state index in [2.05, 4.69) is 70.1 Å². The number of anilines is 1. The van der Waals surface area contributed by atoms with Gasteiger partial charge in [0.15, 0.2) is 14.4 Å². The Hall–Kier alpha value is -3.12. The Morgan fingerprint density at radius 3 is 2.23 bits per heavy atom. The highest BCUT2D eigenvalue weighted by Crippen LogP contribution is 2.42. The number of nitrogens with one attached hydrogen (secondary N) is 1. The average molecular weight is 677 g/mol. The number of ether oxygens (including phenoxy) is 1. The van der Waals surface area contributed by atoms with E-state index in [1.54, 1.807) is 26.8 Å². The summed E-state index contributed by atoms with van der Waals surface area (Å²) >= 11 is 0. The van der Waals surface area contributed by atoms with Crippen molar-refractivity contribution in [1.82, 2.24) is 14.8 Å². The van der Waals surface area contributed by atoms with Crippen molar-refractivity contribution in [3.8, 4) is 0 Å². The van der Waals surface area contributed by atoms with Gasteiger partial charge in [0.1, 0.15) is 11.6 Å². The standard InChI is InChI=1S/C35H51F3N4O4Si/c1-32(2,3)45-31(44)42-21-24(46-47(10,11)33(4,5)6)19-27(42)30(43)41(9)29(35(36,37)38)26-17-16-23(20-39-26)40-28-18-22-14-12-13-15-25(22)34(28,7)8/h12-17,20,24,27-29,40H,18-19,21H2,1-11H3/t24-,27+,28+,29+/m1/s1. The van der Waals surface area contributed by atoms with E-state index < -0.39 is 50.3 Å². The Labute approximate surface area is 278 Å². The largest absolute Gasteiger partial charge is 0.444 e. The summed E-state index contributed by atoms with van der Waals surface area (Å²) in [5.74, 6) is -0.853. The first-order chi connectivity index (χ1) is 21.4. The molecule has 2 aliphatic rings. The molecule has 0 saturated carbocycles. The number of fused-ring (bicyclic) bond motifs is 1. The van der Waals surface area contributed by atoms with Crippen LogP contribution in [0.4, 0.5) is 23.7 Å². The van der Waals surface area contributed by atoms with Gasteiger partial charge in [-0.3, -0.25) is 14.7 Å². The second-order valence-corrected chi connectivity index (χ2v) is 20.8. The Morgan fingerprint density at radius 1 is 1.06 bits per heavy atom. The fourth-order valence-corrected chi connectivity index (χ4v) is 7.61. The van der Waals surface area contributed by atoms with E-state index in [0.717, 1.165) is 13.5 Å². The van der Waals surface area contributed by atoms with Crippen molar-refractivity contribution in [3.05, 3.63) is 59.4 Å². The van der Waals surface area contributed by atoms with Crippen LogP contribution in [0.1, 0.15) is 84.7 Å². The third kappa shape index (κ3) is 7.96. The summed E-state index contributed by atoms with van der Waals surface area (Å²) in [6, 6.07) is 7.60. The number of pyridine rings is 1. The first-order valence-electron chi connectivity index (χ1n) is 16.2. The molecule has 1 saturated heterocycles. The number of carbonyl (C=O) groups is 2. The van der Waals surface area contributed by atoms with Gasteiger partial charge in [0.2, 0.25) is 5.91 Å². The van der Waals surface area contributed by atoms with Gasteiger partial charge < -0.3 is 19.4 Å². The maximum absolute atomic E-state index is 14.7. The number of carbonyl (C=O) groups excluding carboxylic acids is 2. The first-order valence-corrected chi connectivity index (χ1v) is 19.1. The number of rotatable bonds is 7. The van der Waals surface area contributed by atoms with Crippen LogP contribution >= 0.6 is 0 Å². The maximum Gasteiger partial charge on any atom is 0.414 e. The van der Waals surface area contributed by atoms with E-state index in [4.69, 9.17) is 9.16 Å². The van der Waals surface area contributed by atoms with Crippen LogP contribution in [-0.4, -0.2) is 78.7 Å². The topological polar surface area (TPSA) is 84.0 Å². The third-order valence-corrected chi connectivity index (χ3v) is 14.4. The van der Waals surface area contributed by atoms with Gasteiger partial charge in [0, 0.05) is 31.5 Å². The summed E-state index contributed by atoms with van der Waals surface area (Å²) in [6.45, 7) is 19.8. The summed E-state index contributed by atoms with van der Waals surface area (Å²) in [7, 11) is -1.21. The molecule has 1 aliphatic heterocycles. The van der Waals surface area contributed by atoms with Crippen LogP contribution < -0.4 is 5.32 Å². The van der Waals surface area contributed by atoms with Crippen LogP contribution in [0.5, 0.6) is 0 Å². The van der Waals surface area contributed by atoms with Crippen molar-refractivity contribution >= 4 is 26.0 Å². The molecule has 4 rings (SSSR count). The van der Waals surface area contributed by atoms with Crippen LogP contribution in [-0.2, 0) is 25.8 Å². The minimum Gasteiger partial charge on any atom is -0.444 e. The summed E-state index contributed by atoms with van der Waals surface area (Å²) < 4.78 is 56.3. The molecule has 1 aromatic heterocycles. The normalized spacial score (nSPS) is 22.1. The Kier molecular flexibility index (Phi) is 9.94. The van der Waals surface area contributed by atoms with Gasteiger partial charge in [0.25, 0.3) is 0 Å². The van der Waals surface area contributed by atoms with Crippen LogP contribution in [0.3, 0.4) is 0 Å². The molecule has 1 fully saturated rings. The molecule has 2 amide bonds. The second kappa shape index (κ2) is 12.7. The first kappa shape index (κ1) is 36.7. The predicted octanol–water partition coefficient (Wildman–Crippen LogP) is 7.86. The fraction of sp³-hybridized carbons (Fsp3) is 0.629. The molecule has 260 valence electrons. The average Bonchev–Trinajstić information content (AvgIpc) is 3.45. The molecule has 2 heterocycles. The number of alkyl halides is 3. The zero-order chi connectivity index (χ0) is 35.3. The van der Waals surface area contributed by atoms with E-state index in [-0.39, 0.29) is 35.2 Å². The molecule has 1 aromatic carbocycles.